The summed E-state index contributed by atoms with van der Waals surface area (Å²) < 4.78 is 5.16. The van der Waals surface area contributed by atoms with Crippen molar-refractivity contribution in [1.82, 2.24) is 15.5 Å². The first kappa shape index (κ1) is 23.5. The third kappa shape index (κ3) is 9.50. The number of amides is 3. The van der Waals surface area contributed by atoms with E-state index in [2.05, 4.69) is 10.6 Å². The van der Waals surface area contributed by atoms with Crippen molar-refractivity contribution in [3.05, 3.63) is 0 Å². The van der Waals surface area contributed by atoms with Gasteiger partial charge >= 0.3 is 6.09 Å². The highest BCUT2D eigenvalue weighted by Gasteiger charge is 2.24. The van der Waals surface area contributed by atoms with Gasteiger partial charge in [-0.1, -0.05) is 19.3 Å². The SMILES string of the molecule is CC(C)(C)OC(=O)NCCC(=O)N1CCC(CNC(=O)CC2CCCCC2)CC1. The van der Waals surface area contributed by atoms with E-state index in [1.807, 2.05) is 4.90 Å². The largest absolute Gasteiger partial charge is 0.444 e. The summed E-state index contributed by atoms with van der Waals surface area (Å²) >= 11 is 0. The molecule has 7 heteroatoms. The Morgan fingerprint density at radius 2 is 1.59 bits per heavy atom. The van der Waals surface area contributed by atoms with Crippen LogP contribution in [0.4, 0.5) is 4.79 Å². The van der Waals surface area contributed by atoms with Crippen LogP contribution < -0.4 is 10.6 Å². The molecule has 0 unspecified atom stereocenters. The van der Waals surface area contributed by atoms with Crippen LogP contribution in [-0.4, -0.2) is 54.6 Å². The molecule has 0 atom stereocenters. The number of nitrogens with zero attached hydrogens (tertiary/aromatic N) is 1. The molecule has 0 aromatic carbocycles. The molecule has 3 amide bonds. The first-order chi connectivity index (χ1) is 13.7. The quantitative estimate of drug-likeness (QED) is 0.676. The molecule has 1 heterocycles. The minimum Gasteiger partial charge on any atom is -0.444 e. The maximum Gasteiger partial charge on any atom is 0.407 e. The second-order valence-corrected chi connectivity index (χ2v) is 9.52. The summed E-state index contributed by atoms with van der Waals surface area (Å²) in [7, 11) is 0. The molecule has 7 nitrogen and oxygen atoms in total. The highest BCUT2D eigenvalue weighted by molar-refractivity contribution is 5.77. The third-order valence-electron chi connectivity index (χ3n) is 5.76. The average molecular weight is 410 g/mol. The van der Waals surface area contributed by atoms with Gasteiger partial charge in [0.2, 0.25) is 11.8 Å². The number of hydrogen-bond donors (Lipinski definition) is 2. The fourth-order valence-corrected chi connectivity index (χ4v) is 4.11. The van der Waals surface area contributed by atoms with Crippen molar-refractivity contribution < 1.29 is 19.1 Å². The van der Waals surface area contributed by atoms with Crippen LogP contribution in [0, 0.1) is 11.8 Å². The monoisotopic (exact) mass is 409 g/mol. The average Bonchev–Trinajstić information content (AvgIpc) is 2.66. The van der Waals surface area contributed by atoms with Gasteiger partial charge in [-0.25, -0.2) is 4.79 Å². The number of carbonyl (C=O) groups is 3. The summed E-state index contributed by atoms with van der Waals surface area (Å²) in [5.74, 6) is 1.25. The van der Waals surface area contributed by atoms with Gasteiger partial charge in [-0.15, -0.1) is 0 Å². The van der Waals surface area contributed by atoms with Crippen molar-refractivity contribution in [2.45, 2.75) is 84.2 Å². The molecule has 0 bridgehead atoms. The predicted molar refractivity (Wildman–Crippen MR) is 112 cm³/mol. The van der Waals surface area contributed by atoms with Crippen molar-refractivity contribution in [3.8, 4) is 0 Å². The van der Waals surface area contributed by atoms with Gasteiger partial charge in [0.25, 0.3) is 0 Å². The molecule has 2 N–H and O–H groups in total. The van der Waals surface area contributed by atoms with E-state index in [1.165, 1.54) is 32.1 Å². The van der Waals surface area contributed by atoms with Crippen LogP contribution in [0.3, 0.4) is 0 Å². The molecule has 0 aromatic heterocycles. The fourth-order valence-electron chi connectivity index (χ4n) is 4.11. The number of rotatable bonds is 7. The number of carbonyl (C=O) groups excluding carboxylic acids is 3. The van der Waals surface area contributed by atoms with Gasteiger partial charge in [0.05, 0.1) is 0 Å². The summed E-state index contributed by atoms with van der Waals surface area (Å²) in [4.78, 5) is 38.0. The number of nitrogens with one attached hydrogen (secondary N) is 2. The summed E-state index contributed by atoms with van der Waals surface area (Å²) in [6, 6.07) is 0. The molecule has 1 saturated heterocycles. The molecule has 0 spiro atoms. The van der Waals surface area contributed by atoms with Crippen molar-refractivity contribution in [3.63, 3.8) is 0 Å². The highest BCUT2D eigenvalue weighted by atomic mass is 16.6. The van der Waals surface area contributed by atoms with Crippen LogP contribution in [0.2, 0.25) is 0 Å². The van der Waals surface area contributed by atoms with Crippen LogP contribution in [0.15, 0.2) is 0 Å². The minimum atomic E-state index is -0.540. The number of hydrogen-bond acceptors (Lipinski definition) is 4. The Balaban J connectivity index is 1.56. The van der Waals surface area contributed by atoms with Crippen LogP contribution >= 0.6 is 0 Å². The van der Waals surface area contributed by atoms with Gasteiger partial charge in [-0.05, 0) is 58.3 Å². The lowest BCUT2D eigenvalue weighted by molar-refractivity contribution is -0.132. The Labute approximate surface area is 175 Å². The zero-order chi connectivity index (χ0) is 21.3. The Morgan fingerprint density at radius 3 is 2.21 bits per heavy atom. The molecule has 0 aromatic rings. The summed E-state index contributed by atoms with van der Waals surface area (Å²) in [5, 5.41) is 5.73. The normalized spacial score (nSPS) is 18.9. The Kier molecular flexibility index (Phi) is 9.24. The van der Waals surface area contributed by atoms with E-state index in [4.69, 9.17) is 4.74 Å². The molecular formula is C22H39N3O4. The van der Waals surface area contributed by atoms with Crippen LogP contribution in [0.25, 0.3) is 0 Å². The fraction of sp³-hybridized carbons (Fsp3) is 0.864. The van der Waals surface area contributed by atoms with Gasteiger partial charge in [0.15, 0.2) is 0 Å². The second-order valence-electron chi connectivity index (χ2n) is 9.52. The van der Waals surface area contributed by atoms with E-state index >= 15 is 0 Å². The highest BCUT2D eigenvalue weighted by Crippen LogP contribution is 2.26. The van der Waals surface area contributed by atoms with Crippen LogP contribution in [-0.2, 0) is 14.3 Å². The molecule has 1 aliphatic carbocycles. The number of likely N-dealkylation sites (tertiary alicyclic amines) is 1. The zero-order valence-corrected chi connectivity index (χ0v) is 18.4. The minimum absolute atomic E-state index is 0.0563. The molecule has 2 rings (SSSR count). The van der Waals surface area contributed by atoms with Crippen molar-refractivity contribution in [2.24, 2.45) is 11.8 Å². The standard InChI is InChI=1S/C22H39N3O4/c1-22(2,3)29-21(28)23-12-9-20(27)25-13-10-18(11-14-25)16-24-19(26)15-17-7-5-4-6-8-17/h17-18H,4-16H2,1-3H3,(H,23,28)(H,24,26). The number of ether oxygens (including phenoxy) is 1. The van der Waals surface area contributed by atoms with Crippen LogP contribution in [0.5, 0.6) is 0 Å². The maximum absolute atomic E-state index is 12.3. The van der Waals surface area contributed by atoms with E-state index in [1.54, 1.807) is 20.8 Å². The Morgan fingerprint density at radius 1 is 0.931 bits per heavy atom. The first-order valence-corrected chi connectivity index (χ1v) is 11.2. The molecule has 1 aliphatic heterocycles. The second kappa shape index (κ2) is 11.4. The lowest BCUT2D eigenvalue weighted by atomic mass is 9.87. The maximum atomic E-state index is 12.3. The molecule has 2 aliphatic rings. The third-order valence-corrected chi connectivity index (χ3v) is 5.76. The van der Waals surface area contributed by atoms with Gasteiger partial charge in [-0.3, -0.25) is 9.59 Å². The topological polar surface area (TPSA) is 87.7 Å². The summed E-state index contributed by atoms with van der Waals surface area (Å²) in [6.45, 7) is 7.85. The van der Waals surface area contributed by atoms with Gasteiger partial charge in [0, 0.05) is 39.0 Å². The van der Waals surface area contributed by atoms with Crippen molar-refractivity contribution in [1.29, 1.82) is 0 Å². The smallest absolute Gasteiger partial charge is 0.407 e. The van der Waals surface area contributed by atoms with E-state index in [0.29, 0.717) is 37.9 Å². The van der Waals surface area contributed by atoms with E-state index in [0.717, 1.165) is 12.8 Å². The molecule has 2 fully saturated rings. The van der Waals surface area contributed by atoms with Gasteiger partial charge < -0.3 is 20.3 Å². The van der Waals surface area contributed by atoms with E-state index < -0.39 is 11.7 Å². The Hall–Kier alpha value is -1.79. The Bertz CT molecular complexity index is 545. The van der Waals surface area contributed by atoms with Crippen molar-refractivity contribution in [2.75, 3.05) is 26.2 Å². The van der Waals surface area contributed by atoms with Gasteiger partial charge in [0.1, 0.15) is 5.60 Å². The summed E-state index contributed by atoms with van der Waals surface area (Å²) in [5.41, 5.74) is -0.540. The molecule has 1 saturated carbocycles. The first-order valence-electron chi connectivity index (χ1n) is 11.2. The molecular weight excluding hydrogens is 370 g/mol. The van der Waals surface area contributed by atoms with E-state index in [9.17, 15) is 14.4 Å². The summed E-state index contributed by atoms with van der Waals surface area (Å²) in [6.07, 6.45) is 8.50. The molecule has 29 heavy (non-hydrogen) atoms. The molecule has 166 valence electrons. The lowest BCUT2D eigenvalue weighted by Gasteiger charge is -2.32. The van der Waals surface area contributed by atoms with E-state index in [-0.39, 0.29) is 24.8 Å². The lowest BCUT2D eigenvalue weighted by Crippen LogP contribution is -2.43. The predicted octanol–water partition coefficient (Wildman–Crippen LogP) is 3.23. The van der Waals surface area contributed by atoms with Crippen molar-refractivity contribution >= 4 is 17.9 Å². The number of piperidine rings is 1. The number of alkyl carbamates (subject to hydrolysis) is 1. The van der Waals surface area contributed by atoms with Crippen LogP contribution in [0.1, 0.15) is 78.6 Å². The zero-order valence-electron chi connectivity index (χ0n) is 18.4. The van der Waals surface area contributed by atoms with Gasteiger partial charge in [-0.2, -0.15) is 0 Å². The molecule has 0 radical (unpaired) electrons.